The maximum Gasteiger partial charge on any atom is 0.153 e. The molecule has 0 aliphatic carbocycles. The SMILES string of the molecule is C=CCCOc1ccc(F)cc1C=O. The highest BCUT2D eigenvalue weighted by Gasteiger charge is 2.03. The quantitative estimate of drug-likeness (QED) is 0.409. The van der Waals surface area contributed by atoms with Crippen LogP contribution in [0, 0.1) is 5.82 Å². The summed E-state index contributed by atoms with van der Waals surface area (Å²) in [6.45, 7) is 3.98. The summed E-state index contributed by atoms with van der Waals surface area (Å²) in [5.41, 5.74) is 0.231. The number of halogens is 1. The molecule has 0 spiro atoms. The molecule has 74 valence electrons. The average Bonchev–Trinajstić information content (AvgIpc) is 2.20. The molecule has 0 saturated heterocycles. The molecule has 3 heteroatoms. The van der Waals surface area contributed by atoms with Gasteiger partial charge in [-0.1, -0.05) is 6.08 Å². The highest BCUT2D eigenvalue weighted by molar-refractivity contribution is 5.79. The van der Waals surface area contributed by atoms with E-state index in [9.17, 15) is 9.18 Å². The summed E-state index contributed by atoms with van der Waals surface area (Å²) in [6, 6.07) is 3.86. The normalized spacial score (nSPS) is 9.50. The summed E-state index contributed by atoms with van der Waals surface area (Å²) in [5, 5.41) is 0. The Labute approximate surface area is 82.0 Å². The molecule has 0 unspecified atom stereocenters. The van der Waals surface area contributed by atoms with Gasteiger partial charge in [0, 0.05) is 0 Å². The standard InChI is InChI=1S/C11H11FO2/c1-2-3-6-14-11-5-4-10(12)7-9(11)8-13/h2,4-5,7-8H,1,3,6H2. The number of carbonyl (C=O) groups excluding carboxylic acids is 1. The van der Waals surface area contributed by atoms with E-state index in [1.807, 2.05) is 0 Å². The van der Waals surface area contributed by atoms with E-state index in [1.165, 1.54) is 12.1 Å². The Bertz CT molecular complexity index is 334. The lowest BCUT2D eigenvalue weighted by molar-refractivity contribution is 0.111. The van der Waals surface area contributed by atoms with Gasteiger partial charge in [-0.3, -0.25) is 4.79 Å². The van der Waals surface area contributed by atoms with E-state index in [-0.39, 0.29) is 5.56 Å². The van der Waals surface area contributed by atoms with Crippen LogP contribution in [-0.2, 0) is 0 Å². The second kappa shape index (κ2) is 5.17. The van der Waals surface area contributed by atoms with E-state index in [1.54, 1.807) is 6.08 Å². The van der Waals surface area contributed by atoms with Crippen molar-refractivity contribution >= 4 is 6.29 Å². The Morgan fingerprint density at radius 1 is 1.50 bits per heavy atom. The minimum atomic E-state index is -0.442. The fourth-order valence-corrected chi connectivity index (χ4v) is 0.995. The van der Waals surface area contributed by atoms with Gasteiger partial charge in [-0.25, -0.2) is 4.39 Å². The largest absolute Gasteiger partial charge is 0.493 e. The van der Waals surface area contributed by atoms with Crippen LogP contribution in [0.25, 0.3) is 0 Å². The van der Waals surface area contributed by atoms with Crippen LogP contribution in [0.3, 0.4) is 0 Å². The van der Waals surface area contributed by atoms with Gasteiger partial charge in [0.1, 0.15) is 11.6 Å². The van der Waals surface area contributed by atoms with E-state index >= 15 is 0 Å². The molecule has 0 fully saturated rings. The third-order valence-electron chi connectivity index (χ3n) is 1.68. The molecule has 0 radical (unpaired) electrons. The van der Waals surface area contributed by atoms with Crippen molar-refractivity contribution < 1.29 is 13.9 Å². The predicted octanol–water partition coefficient (Wildman–Crippen LogP) is 2.59. The number of carbonyl (C=O) groups is 1. The van der Waals surface area contributed by atoms with Gasteiger partial charge in [0.25, 0.3) is 0 Å². The summed E-state index contributed by atoms with van der Waals surface area (Å²) in [5.74, 6) is -0.0357. The molecule has 0 atom stereocenters. The van der Waals surface area contributed by atoms with Crippen molar-refractivity contribution in [2.24, 2.45) is 0 Å². The lowest BCUT2D eigenvalue weighted by Crippen LogP contribution is -1.99. The van der Waals surface area contributed by atoms with Crippen molar-refractivity contribution in [2.75, 3.05) is 6.61 Å². The van der Waals surface area contributed by atoms with Gasteiger partial charge < -0.3 is 4.74 Å². The molecular formula is C11H11FO2. The zero-order chi connectivity index (χ0) is 10.4. The highest BCUT2D eigenvalue weighted by Crippen LogP contribution is 2.17. The molecule has 1 rings (SSSR count). The van der Waals surface area contributed by atoms with Gasteiger partial charge in [0.15, 0.2) is 6.29 Å². The first-order chi connectivity index (χ1) is 6.77. The monoisotopic (exact) mass is 194 g/mol. The van der Waals surface area contributed by atoms with Gasteiger partial charge in [-0.05, 0) is 24.6 Å². The first-order valence-electron chi connectivity index (χ1n) is 4.26. The molecule has 1 aromatic carbocycles. The number of ether oxygens (including phenoxy) is 1. The molecule has 14 heavy (non-hydrogen) atoms. The van der Waals surface area contributed by atoms with Crippen molar-refractivity contribution in [3.63, 3.8) is 0 Å². The predicted molar refractivity (Wildman–Crippen MR) is 52.1 cm³/mol. The molecule has 0 aliphatic heterocycles. The Morgan fingerprint density at radius 3 is 2.93 bits per heavy atom. The molecule has 0 heterocycles. The van der Waals surface area contributed by atoms with E-state index in [2.05, 4.69) is 6.58 Å². The van der Waals surface area contributed by atoms with Crippen LogP contribution in [0.2, 0.25) is 0 Å². The minimum Gasteiger partial charge on any atom is -0.493 e. The first-order valence-corrected chi connectivity index (χ1v) is 4.26. The topological polar surface area (TPSA) is 26.3 Å². The van der Waals surface area contributed by atoms with Crippen LogP contribution < -0.4 is 4.74 Å². The Morgan fingerprint density at radius 2 is 2.29 bits per heavy atom. The van der Waals surface area contributed by atoms with Crippen molar-refractivity contribution in [3.05, 3.63) is 42.2 Å². The second-order valence-electron chi connectivity index (χ2n) is 2.73. The van der Waals surface area contributed by atoms with Gasteiger partial charge in [0.2, 0.25) is 0 Å². The smallest absolute Gasteiger partial charge is 0.153 e. The van der Waals surface area contributed by atoms with Gasteiger partial charge in [-0.15, -0.1) is 6.58 Å². The zero-order valence-corrected chi connectivity index (χ0v) is 7.70. The van der Waals surface area contributed by atoms with Crippen LogP contribution in [-0.4, -0.2) is 12.9 Å². The van der Waals surface area contributed by atoms with E-state index in [0.717, 1.165) is 6.07 Å². The second-order valence-corrected chi connectivity index (χ2v) is 2.73. The van der Waals surface area contributed by atoms with Gasteiger partial charge >= 0.3 is 0 Å². The molecule has 0 bridgehead atoms. The third kappa shape index (κ3) is 2.69. The summed E-state index contributed by atoms with van der Waals surface area (Å²) >= 11 is 0. The Hall–Kier alpha value is -1.64. The van der Waals surface area contributed by atoms with Crippen LogP contribution >= 0.6 is 0 Å². The zero-order valence-electron chi connectivity index (χ0n) is 7.70. The Kier molecular flexibility index (Phi) is 3.85. The van der Waals surface area contributed by atoms with Gasteiger partial charge in [-0.2, -0.15) is 0 Å². The fourth-order valence-electron chi connectivity index (χ4n) is 0.995. The number of aldehydes is 1. The molecule has 0 saturated carbocycles. The van der Waals surface area contributed by atoms with Crippen LogP contribution in [0.5, 0.6) is 5.75 Å². The van der Waals surface area contributed by atoms with Crippen molar-refractivity contribution in [3.8, 4) is 5.75 Å². The lowest BCUT2D eigenvalue weighted by Gasteiger charge is -2.06. The summed E-state index contributed by atoms with van der Waals surface area (Å²) in [4.78, 5) is 10.5. The molecule has 0 aliphatic rings. The van der Waals surface area contributed by atoms with Gasteiger partial charge in [0.05, 0.1) is 12.2 Å². The minimum absolute atomic E-state index is 0.231. The highest BCUT2D eigenvalue weighted by atomic mass is 19.1. The molecule has 0 aromatic heterocycles. The Balaban J connectivity index is 2.74. The summed E-state index contributed by atoms with van der Waals surface area (Å²) in [7, 11) is 0. The molecule has 2 nitrogen and oxygen atoms in total. The molecule has 0 N–H and O–H groups in total. The molecule has 1 aromatic rings. The van der Waals surface area contributed by atoms with Crippen LogP contribution in [0.15, 0.2) is 30.9 Å². The first kappa shape index (κ1) is 10.4. The van der Waals surface area contributed by atoms with Crippen LogP contribution in [0.1, 0.15) is 16.8 Å². The summed E-state index contributed by atoms with van der Waals surface area (Å²) in [6.07, 6.45) is 2.98. The summed E-state index contributed by atoms with van der Waals surface area (Å²) < 4.78 is 17.9. The maximum absolute atomic E-state index is 12.7. The number of benzene rings is 1. The number of hydrogen-bond acceptors (Lipinski definition) is 2. The van der Waals surface area contributed by atoms with Crippen molar-refractivity contribution in [2.45, 2.75) is 6.42 Å². The lowest BCUT2D eigenvalue weighted by atomic mass is 10.2. The van der Waals surface area contributed by atoms with Crippen LogP contribution in [0.4, 0.5) is 4.39 Å². The van der Waals surface area contributed by atoms with E-state index < -0.39 is 5.82 Å². The molecule has 0 amide bonds. The van der Waals surface area contributed by atoms with E-state index in [4.69, 9.17) is 4.74 Å². The fraction of sp³-hybridized carbons (Fsp3) is 0.182. The van der Waals surface area contributed by atoms with E-state index in [0.29, 0.717) is 25.1 Å². The average molecular weight is 194 g/mol. The number of hydrogen-bond donors (Lipinski definition) is 0. The maximum atomic E-state index is 12.7. The number of rotatable bonds is 5. The van der Waals surface area contributed by atoms with Crippen molar-refractivity contribution in [1.29, 1.82) is 0 Å². The van der Waals surface area contributed by atoms with Crippen molar-refractivity contribution in [1.82, 2.24) is 0 Å². The molecular weight excluding hydrogens is 183 g/mol. The third-order valence-corrected chi connectivity index (χ3v) is 1.68.